The Labute approximate surface area is 163 Å². The number of Topliss-reactive ketones (excluding diaryl/α,β-unsaturated/α-hetero) is 1. The van der Waals surface area contributed by atoms with E-state index in [9.17, 15) is 18.8 Å². The maximum atomic E-state index is 14.2. The average Bonchev–Trinajstić information content (AvgIpc) is 2.66. The van der Waals surface area contributed by atoms with Crippen LogP contribution in [0.1, 0.15) is 49.0 Å². The van der Waals surface area contributed by atoms with Gasteiger partial charge in [0.15, 0.2) is 6.61 Å². The summed E-state index contributed by atoms with van der Waals surface area (Å²) < 4.78 is 19.4. The van der Waals surface area contributed by atoms with Crippen LogP contribution in [0.3, 0.4) is 0 Å². The lowest BCUT2D eigenvalue weighted by atomic mass is 9.85. The van der Waals surface area contributed by atoms with Crippen molar-refractivity contribution in [3.05, 3.63) is 65.5 Å². The molecule has 1 N–H and O–H groups in total. The van der Waals surface area contributed by atoms with E-state index in [1.54, 1.807) is 0 Å². The number of nitrogens with one attached hydrogen (secondary N) is 1. The van der Waals surface area contributed by atoms with Crippen molar-refractivity contribution in [3.8, 4) is 0 Å². The highest BCUT2D eigenvalue weighted by Gasteiger charge is 2.28. The number of hydrogen-bond acceptors (Lipinski definition) is 4. The number of carbonyl (C=O) groups excluding carboxylic acids is 3. The van der Waals surface area contributed by atoms with Crippen LogP contribution in [-0.2, 0) is 14.3 Å². The zero-order valence-electron chi connectivity index (χ0n) is 16.2. The number of benzene rings is 2. The number of rotatable bonds is 8. The number of esters is 1. The molecule has 0 aliphatic heterocycles. The van der Waals surface area contributed by atoms with Crippen LogP contribution in [0.15, 0.2) is 48.5 Å². The standard InChI is InChI=1S/C22H24FNO4/c1-4-14(2)21(16-8-6-5-7-9-16)22(27)28-13-20(26)18-11-10-17(12-19(18)23)24-15(3)25/h5-12,14,21H,4,13H2,1-3H3,(H,24,25)/t14-,21-/m0/s1. The summed E-state index contributed by atoms with van der Waals surface area (Å²) in [6.07, 6.45) is 0.766. The second kappa shape index (κ2) is 9.78. The van der Waals surface area contributed by atoms with Crippen molar-refractivity contribution in [2.45, 2.75) is 33.1 Å². The molecule has 148 valence electrons. The Bertz CT molecular complexity index is 851. The highest BCUT2D eigenvalue weighted by molar-refractivity contribution is 5.99. The van der Waals surface area contributed by atoms with E-state index in [-0.39, 0.29) is 23.1 Å². The number of halogens is 1. The number of ketones is 1. The van der Waals surface area contributed by atoms with Crippen LogP contribution < -0.4 is 5.32 Å². The first kappa shape index (κ1) is 21.3. The minimum atomic E-state index is -0.783. The van der Waals surface area contributed by atoms with Gasteiger partial charge in [0.05, 0.1) is 11.5 Å². The van der Waals surface area contributed by atoms with E-state index in [1.165, 1.54) is 19.1 Å². The number of hydrogen-bond donors (Lipinski definition) is 1. The third-order valence-corrected chi connectivity index (χ3v) is 4.56. The van der Waals surface area contributed by atoms with Gasteiger partial charge in [0, 0.05) is 12.6 Å². The predicted octanol–water partition coefficient (Wildman–Crippen LogP) is 4.34. The summed E-state index contributed by atoms with van der Waals surface area (Å²) in [5, 5.41) is 2.44. The molecule has 0 aromatic heterocycles. The summed E-state index contributed by atoms with van der Waals surface area (Å²) in [5.41, 5.74) is 0.876. The normalized spacial score (nSPS) is 12.7. The van der Waals surface area contributed by atoms with Crippen molar-refractivity contribution in [2.24, 2.45) is 5.92 Å². The van der Waals surface area contributed by atoms with Crippen molar-refractivity contribution in [1.82, 2.24) is 0 Å². The number of ether oxygens (including phenoxy) is 1. The maximum absolute atomic E-state index is 14.2. The van der Waals surface area contributed by atoms with Crippen LogP contribution in [0.25, 0.3) is 0 Å². The first-order valence-corrected chi connectivity index (χ1v) is 9.15. The van der Waals surface area contributed by atoms with E-state index in [2.05, 4.69) is 5.32 Å². The van der Waals surface area contributed by atoms with Crippen molar-refractivity contribution < 1.29 is 23.5 Å². The lowest BCUT2D eigenvalue weighted by Crippen LogP contribution is -2.25. The topological polar surface area (TPSA) is 72.5 Å². The molecule has 0 saturated carbocycles. The summed E-state index contributed by atoms with van der Waals surface area (Å²) in [5.74, 6) is -2.75. The fraction of sp³-hybridized carbons (Fsp3) is 0.318. The first-order valence-electron chi connectivity index (χ1n) is 9.15. The molecule has 5 nitrogen and oxygen atoms in total. The molecule has 2 rings (SSSR count). The van der Waals surface area contributed by atoms with Gasteiger partial charge < -0.3 is 10.1 Å². The summed E-state index contributed by atoms with van der Waals surface area (Å²) in [6.45, 7) is 4.68. The zero-order valence-corrected chi connectivity index (χ0v) is 16.2. The Morgan fingerprint density at radius 2 is 1.79 bits per heavy atom. The lowest BCUT2D eigenvalue weighted by Gasteiger charge is -2.21. The Balaban J connectivity index is 2.08. The molecule has 0 spiro atoms. The number of anilines is 1. The third kappa shape index (κ3) is 5.49. The van der Waals surface area contributed by atoms with Gasteiger partial charge in [-0.25, -0.2) is 4.39 Å². The monoisotopic (exact) mass is 385 g/mol. The van der Waals surface area contributed by atoms with Crippen molar-refractivity contribution in [2.75, 3.05) is 11.9 Å². The van der Waals surface area contributed by atoms with Crippen LogP contribution in [0.5, 0.6) is 0 Å². The lowest BCUT2D eigenvalue weighted by molar-refractivity contribution is -0.145. The summed E-state index contributed by atoms with van der Waals surface area (Å²) in [4.78, 5) is 35.9. The van der Waals surface area contributed by atoms with Gasteiger partial charge >= 0.3 is 5.97 Å². The largest absolute Gasteiger partial charge is 0.457 e. The van der Waals surface area contributed by atoms with E-state index in [0.29, 0.717) is 0 Å². The highest BCUT2D eigenvalue weighted by Crippen LogP contribution is 2.28. The molecule has 1 amide bonds. The Morgan fingerprint density at radius 1 is 1.11 bits per heavy atom. The number of amides is 1. The summed E-state index contributed by atoms with van der Waals surface area (Å²) >= 11 is 0. The molecule has 0 saturated heterocycles. The van der Waals surface area contributed by atoms with Crippen LogP contribution in [0.2, 0.25) is 0 Å². The van der Waals surface area contributed by atoms with Gasteiger partial charge in [0.25, 0.3) is 0 Å². The number of carbonyl (C=O) groups is 3. The van der Waals surface area contributed by atoms with Gasteiger partial charge in [-0.05, 0) is 29.7 Å². The molecule has 2 aromatic carbocycles. The minimum Gasteiger partial charge on any atom is -0.457 e. The molecule has 0 bridgehead atoms. The van der Waals surface area contributed by atoms with Gasteiger partial charge in [0.2, 0.25) is 11.7 Å². The molecule has 0 fully saturated rings. The third-order valence-electron chi connectivity index (χ3n) is 4.56. The van der Waals surface area contributed by atoms with E-state index >= 15 is 0 Å². The van der Waals surface area contributed by atoms with Crippen molar-refractivity contribution >= 4 is 23.3 Å². The Hall–Kier alpha value is -3.02. The first-order chi connectivity index (χ1) is 13.3. The summed E-state index contributed by atoms with van der Waals surface area (Å²) in [7, 11) is 0. The SMILES string of the molecule is CC[C@H](C)[C@H](C(=O)OCC(=O)c1ccc(NC(C)=O)cc1F)c1ccccc1. The molecular formula is C22H24FNO4. The Morgan fingerprint density at radius 3 is 2.36 bits per heavy atom. The van der Waals surface area contributed by atoms with Gasteiger partial charge in [-0.3, -0.25) is 14.4 Å². The van der Waals surface area contributed by atoms with Crippen LogP contribution in [0.4, 0.5) is 10.1 Å². The second-order valence-electron chi connectivity index (χ2n) is 6.68. The minimum absolute atomic E-state index is 0.0266. The molecule has 0 aliphatic carbocycles. The van der Waals surface area contributed by atoms with E-state index in [1.807, 2.05) is 44.2 Å². The second-order valence-corrected chi connectivity index (χ2v) is 6.68. The molecule has 2 atom stereocenters. The van der Waals surface area contributed by atoms with Crippen molar-refractivity contribution in [1.29, 1.82) is 0 Å². The molecule has 28 heavy (non-hydrogen) atoms. The van der Waals surface area contributed by atoms with Crippen LogP contribution in [-0.4, -0.2) is 24.3 Å². The summed E-state index contributed by atoms with van der Waals surface area (Å²) in [6, 6.07) is 13.0. The van der Waals surface area contributed by atoms with E-state index in [0.717, 1.165) is 18.1 Å². The Kier molecular flexibility index (Phi) is 7.44. The quantitative estimate of drug-likeness (QED) is 0.542. The maximum Gasteiger partial charge on any atom is 0.314 e. The van der Waals surface area contributed by atoms with Crippen molar-refractivity contribution in [3.63, 3.8) is 0 Å². The van der Waals surface area contributed by atoms with E-state index in [4.69, 9.17) is 4.74 Å². The zero-order chi connectivity index (χ0) is 20.7. The average molecular weight is 385 g/mol. The smallest absolute Gasteiger partial charge is 0.314 e. The molecule has 2 aromatic rings. The molecular weight excluding hydrogens is 361 g/mol. The molecule has 0 aliphatic rings. The molecule has 0 radical (unpaired) electrons. The molecule has 0 heterocycles. The highest BCUT2D eigenvalue weighted by atomic mass is 19.1. The van der Waals surface area contributed by atoms with Crippen LogP contribution in [0, 0.1) is 11.7 Å². The fourth-order valence-corrected chi connectivity index (χ4v) is 2.92. The van der Waals surface area contributed by atoms with Gasteiger partial charge in [-0.15, -0.1) is 0 Å². The van der Waals surface area contributed by atoms with Gasteiger partial charge in [-0.2, -0.15) is 0 Å². The van der Waals surface area contributed by atoms with Gasteiger partial charge in [0.1, 0.15) is 5.82 Å². The van der Waals surface area contributed by atoms with Crippen LogP contribution >= 0.6 is 0 Å². The predicted molar refractivity (Wildman–Crippen MR) is 105 cm³/mol. The molecule has 0 unspecified atom stereocenters. The molecule has 6 heteroatoms. The van der Waals surface area contributed by atoms with E-state index < -0.39 is 30.1 Å². The van der Waals surface area contributed by atoms with Gasteiger partial charge in [-0.1, -0.05) is 50.6 Å². The fourth-order valence-electron chi connectivity index (χ4n) is 2.92.